The van der Waals surface area contributed by atoms with E-state index >= 15 is 0 Å². The van der Waals surface area contributed by atoms with Gasteiger partial charge in [0.15, 0.2) is 17.3 Å². The summed E-state index contributed by atoms with van der Waals surface area (Å²) in [5.41, 5.74) is 1.11. The van der Waals surface area contributed by atoms with Crippen LogP contribution < -0.4 is 20.1 Å². The Kier molecular flexibility index (Phi) is 5.73. The summed E-state index contributed by atoms with van der Waals surface area (Å²) in [4.78, 5) is 21.0. The van der Waals surface area contributed by atoms with Gasteiger partial charge in [-0.05, 0) is 31.5 Å². The van der Waals surface area contributed by atoms with Crippen LogP contribution in [-0.4, -0.2) is 35.3 Å². The number of aromatic nitrogens is 3. The quantitative estimate of drug-likeness (QED) is 0.641. The molecule has 1 amide bonds. The summed E-state index contributed by atoms with van der Waals surface area (Å²) in [6, 6.07) is 8.74. The number of methoxy groups -OCH3 is 2. The van der Waals surface area contributed by atoms with E-state index in [0.717, 1.165) is 5.56 Å². The minimum absolute atomic E-state index is 0.246. The number of aryl methyl sites for hydroxylation is 2. The topological polar surface area (TPSA) is 111 Å². The summed E-state index contributed by atoms with van der Waals surface area (Å²) in [6.45, 7) is 3.81. The van der Waals surface area contributed by atoms with Gasteiger partial charge in [0.1, 0.15) is 23.1 Å². The van der Waals surface area contributed by atoms with Gasteiger partial charge in [0.2, 0.25) is 0 Å². The monoisotopic (exact) mass is 383 g/mol. The summed E-state index contributed by atoms with van der Waals surface area (Å²) in [5, 5.41) is 9.69. The lowest BCUT2D eigenvalue weighted by Crippen LogP contribution is -2.24. The normalized spacial score (nSPS) is 10.4. The maximum absolute atomic E-state index is 12.5. The van der Waals surface area contributed by atoms with Crippen molar-refractivity contribution >= 4 is 17.5 Å². The van der Waals surface area contributed by atoms with Gasteiger partial charge in [0.25, 0.3) is 5.91 Å². The average Bonchev–Trinajstić information content (AvgIpc) is 3.09. The number of carbonyl (C=O) groups excluding carboxylic acids is 1. The fourth-order valence-electron chi connectivity index (χ4n) is 2.57. The molecular weight excluding hydrogens is 362 g/mol. The second kappa shape index (κ2) is 8.38. The molecule has 2 N–H and O–H groups in total. The second-order valence-corrected chi connectivity index (χ2v) is 6.01. The SMILES string of the molecule is COc1ccc(CNC(=O)c2cc(Nc3cc(C)on3)nc(C)n2)cc1OC. The lowest BCUT2D eigenvalue weighted by Gasteiger charge is -2.11. The van der Waals surface area contributed by atoms with Gasteiger partial charge >= 0.3 is 0 Å². The minimum atomic E-state index is -0.320. The van der Waals surface area contributed by atoms with Crippen molar-refractivity contribution in [3.63, 3.8) is 0 Å². The van der Waals surface area contributed by atoms with Crippen molar-refractivity contribution in [3.8, 4) is 11.5 Å². The van der Waals surface area contributed by atoms with Crippen molar-refractivity contribution in [2.24, 2.45) is 0 Å². The van der Waals surface area contributed by atoms with Crippen LogP contribution in [0.25, 0.3) is 0 Å². The van der Waals surface area contributed by atoms with Crippen molar-refractivity contribution in [3.05, 3.63) is 53.2 Å². The summed E-state index contributed by atoms with van der Waals surface area (Å²) in [6.07, 6.45) is 0. The lowest BCUT2D eigenvalue weighted by molar-refractivity contribution is 0.0945. The highest BCUT2D eigenvalue weighted by molar-refractivity contribution is 5.93. The number of nitrogens with one attached hydrogen (secondary N) is 2. The molecule has 0 saturated heterocycles. The molecule has 2 aromatic heterocycles. The largest absolute Gasteiger partial charge is 0.493 e. The molecule has 0 spiro atoms. The van der Waals surface area contributed by atoms with E-state index in [1.54, 1.807) is 46.3 Å². The number of rotatable bonds is 7. The molecule has 146 valence electrons. The standard InChI is InChI=1S/C19H21N5O4/c1-11-7-18(24-28-11)23-17-9-14(21-12(2)22-17)19(25)20-10-13-5-6-15(26-3)16(8-13)27-4/h5-9H,10H2,1-4H3,(H,20,25)(H,21,22,23,24). The number of amides is 1. The van der Waals surface area contributed by atoms with Gasteiger partial charge < -0.3 is 24.6 Å². The Labute approximate surface area is 162 Å². The predicted molar refractivity (Wildman–Crippen MR) is 102 cm³/mol. The van der Waals surface area contributed by atoms with E-state index < -0.39 is 0 Å². The van der Waals surface area contributed by atoms with Crippen LogP contribution in [0.5, 0.6) is 11.5 Å². The average molecular weight is 383 g/mol. The van der Waals surface area contributed by atoms with Crippen LogP contribution in [0, 0.1) is 13.8 Å². The second-order valence-electron chi connectivity index (χ2n) is 6.01. The van der Waals surface area contributed by atoms with Crippen molar-refractivity contribution in [1.29, 1.82) is 0 Å². The molecular formula is C19H21N5O4. The molecule has 3 rings (SSSR count). The number of hydrogen-bond acceptors (Lipinski definition) is 8. The zero-order chi connectivity index (χ0) is 20.1. The molecule has 3 aromatic rings. The summed E-state index contributed by atoms with van der Waals surface area (Å²) in [5.74, 6) is 3.00. The van der Waals surface area contributed by atoms with Crippen LogP contribution in [0.4, 0.5) is 11.6 Å². The Morgan fingerprint density at radius 2 is 1.82 bits per heavy atom. The Bertz CT molecular complexity index is 986. The van der Waals surface area contributed by atoms with E-state index in [1.807, 2.05) is 12.1 Å². The number of nitrogens with zero attached hydrogens (tertiary/aromatic N) is 3. The van der Waals surface area contributed by atoms with E-state index in [1.165, 1.54) is 0 Å². The van der Waals surface area contributed by atoms with E-state index in [0.29, 0.717) is 41.3 Å². The lowest BCUT2D eigenvalue weighted by atomic mass is 10.2. The Balaban J connectivity index is 1.70. The molecule has 0 aliphatic heterocycles. The van der Waals surface area contributed by atoms with E-state index in [4.69, 9.17) is 14.0 Å². The number of ether oxygens (including phenoxy) is 2. The van der Waals surface area contributed by atoms with Crippen molar-refractivity contribution < 1.29 is 18.8 Å². The predicted octanol–water partition coefficient (Wildman–Crippen LogP) is 2.77. The van der Waals surface area contributed by atoms with Crippen molar-refractivity contribution in [2.75, 3.05) is 19.5 Å². The van der Waals surface area contributed by atoms with Gasteiger partial charge in [0.05, 0.1) is 14.2 Å². The first-order chi connectivity index (χ1) is 13.5. The minimum Gasteiger partial charge on any atom is -0.493 e. The summed E-state index contributed by atoms with van der Waals surface area (Å²) < 4.78 is 15.5. The zero-order valence-corrected chi connectivity index (χ0v) is 16.1. The molecule has 0 atom stereocenters. The maximum atomic E-state index is 12.5. The van der Waals surface area contributed by atoms with E-state index in [2.05, 4.69) is 25.8 Å². The van der Waals surface area contributed by atoms with E-state index in [9.17, 15) is 4.79 Å². The highest BCUT2D eigenvalue weighted by atomic mass is 16.5. The van der Waals surface area contributed by atoms with Gasteiger partial charge in [-0.3, -0.25) is 4.79 Å². The molecule has 0 radical (unpaired) electrons. The van der Waals surface area contributed by atoms with Crippen LogP contribution in [0.15, 0.2) is 34.9 Å². The first-order valence-electron chi connectivity index (χ1n) is 8.53. The van der Waals surface area contributed by atoms with Gasteiger partial charge in [-0.2, -0.15) is 0 Å². The van der Waals surface area contributed by atoms with Crippen molar-refractivity contribution in [1.82, 2.24) is 20.4 Å². The fraction of sp³-hybridized carbons (Fsp3) is 0.263. The zero-order valence-electron chi connectivity index (χ0n) is 16.1. The Morgan fingerprint density at radius 3 is 2.50 bits per heavy atom. The third kappa shape index (κ3) is 4.56. The van der Waals surface area contributed by atoms with Crippen molar-refractivity contribution in [2.45, 2.75) is 20.4 Å². The highest BCUT2D eigenvalue weighted by Crippen LogP contribution is 2.27. The highest BCUT2D eigenvalue weighted by Gasteiger charge is 2.12. The molecule has 9 heteroatoms. The van der Waals surface area contributed by atoms with Gasteiger partial charge in [-0.25, -0.2) is 9.97 Å². The first-order valence-corrected chi connectivity index (χ1v) is 8.53. The number of hydrogen-bond donors (Lipinski definition) is 2. The molecule has 0 aliphatic carbocycles. The third-order valence-electron chi connectivity index (χ3n) is 3.86. The molecule has 0 bridgehead atoms. The Morgan fingerprint density at radius 1 is 1.04 bits per heavy atom. The number of carbonyl (C=O) groups is 1. The van der Waals surface area contributed by atoms with Gasteiger partial charge in [-0.1, -0.05) is 11.2 Å². The molecule has 2 heterocycles. The van der Waals surface area contributed by atoms with Crippen LogP contribution >= 0.6 is 0 Å². The molecule has 0 aliphatic rings. The van der Waals surface area contributed by atoms with Crippen LogP contribution in [-0.2, 0) is 6.54 Å². The maximum Gasteiger partial charge on any atom is 0.270 e. The first kappa shape index (κ1) is 19.2. The Hall–Kier alpha value is -3.62. The third-order valence-corrected chi connectivity index (χ3v) is 3.86. The number of benzene rings is 1. The molecule has 0 saturated carbocycles. The number of anilines is 2. The molecule has 28 heavy (non-hydrogen) atoms. The molecule has 0 unspecified atom stereocenters. The molecule has 9 nitrogen and oxygen atoms in total. The summed E-state index contributed by atoms with van der Waals surface area (Å²) >= 11 is 0. The van der Waals surface area contributed by atoms with E-state index in [-0.39, 0.29) is 11.6 Å². The van der Waals surface area contributed by atoms with Gasteiger partial charge in [-0.15, -0.1) is 0 Å². The summed E-state index contributed by atoms with van der Waals surface area (Å²) in [7, 11) is 3.14. The van der Waals surface area contributed by atoms with Crippen LogP contribution in [0.3, 0.4) is 0 Å². The molecule has 0 fully saturated rings. The molecule has 1 aromatic carbocycles. The van der Waals surface area contributed by atoms with Crippen LogP contribution in [0.2, 0.25) is 0 Å². The smallest absolute Gasteiger partial charge is 0.270 e. The fourth-order valence-corrected chi connectivity index (χ4v) is 2.57. The van der Waals surface area contributed by atoms with Gasteiger partial charge in [0, 0.05) is 18.7 Å². The van der Waals surface area contributed by atoms with Crippen LogP contribution in [0.1, 0.15) is 27.6 Å².